The summed E-state index contributed by atoms with van der Waals surface area (Å²) in [6, 6.07) is 8.24. The van der Waals surface area contributed by atoms with Crippen LogP contribution in [-0.2, 0) is 25.8 Å². The zero-order valence-corrected chi connectivity index (χ0v) is 10.5. The summed E-state index contributed by atoms with van der Waals surface area (Å²) in [6.45, 7) is 2.82. The summed E-state index contributed by atoms with van der Waals surface area (Å²) < 4.78 is 1.85. The highest BCUT2D eigenvalue weighted by molar-refractivity contribution is 5.35. The van der Waals surface area contributed by atoms with Crippen molar-refractivity contribution < 1.29 is 5.11 Å². The molecule has 18 heavy (non-hydrogen) atoms. The van der Waals surface area contributed by atoms with E-state index >= 15 is 0 Å². The van der Waals surface area contributed by atoms with E-state index in [0.29, 0.717) is 19.3 Å². The number of hydrogen-bond acceptors (Lipinski definition) is 3. The SMILES string of the molecule is CCn1ncnc1CC1(O)Cc2ccccc2C1. The van der Waals surface area contributed by atoms with E-state index in [1.807, 2.05) is 23.7 Å². The van der Waals surface area contributed by atoms with Crippen molar-refractivity contribution in [3.05, 3.63) is 47.5 Å². The molecule has 0 amide bonds. The smallest absolute Gasteiger partial charge is 0.138 e. The van der Waals surface area contributed by atoms with Crippen molar-refractivity contribution in [2.75, 3.05) is 0 Å². The van der Waals surface area contributed by atoms with Crippen LogP contribution in [0.4, 0.5) is 0 Å². The first-order valence-electron chi connectivity index (χ1n) is 6.36. The Hall–Kier alpha value is -1.68. The second-order valence-corrected chi connectivity index (χ2v) is 5.02. The van der Waals surface area contributed by atoms with E-state index in [0.717, 1.165) is 12.4 Å². The third-order valence-corrected chi connectivity index (χ3v) is 3.64. The van der Waals surface area contributed by atoms with Gasteiger partial charge in [-0.05, 0) is 18.1 Å². The van der Waals surface area contributed by atoms with Gasteiger partial charge in [0.15, 0.2) is 0 Å². The van der Waals surface area contributed by atoms with Crippen molar-refractivity contribution in [3.63, 3.8) is 0 Å². The number of nitrogens with zero attached hydrogens (tertiary/aromatic N) is 3. The third-order valence-electron chi connectivity index (χ3n) is 3.64. The van der Waals surface area contributed by atoms with Gasteiger partial charge >= 0.3 is 0 Å². The van der Waals surface area contributed by atoms with Crippen LogP contribution in [0.25, 0.3) is 0 Å². The van der Waals surface area contributed by atoms with Gasteiger partial charge in [0.2, 0.25) is 0 Å². The van der Waals surface area contributed by atoms with E-state index in [1.165, 1.54) is 11.1 Å². The zero-order valence-electron chi connectivity index (χ0n) is 10.5. The molecule has 0 fully saturated rings. The molecule has 0 atom stereocenters. The Kier molecular flexibility index (Phi) is 2.67. The highest BCUT2D eigenvalue weighted by Gasteiger charge is 2.36. The molecule has 0 unspecified atom stereocenters. The van der Waals surface area contributed by atoms with E-state index in [-0.39, 0.29) is 0 Å². The molecule has 4 heteroatoms. The monoisotopic (exact) mass is 243 g/mol. The van der Waals surface area contributed by atoms with Gasteiger partial charge in [-0.1, -0.05) is 24.3 Å². The summed E-state index contributed by atoms with van der Waals surface area (Å²) in [6.07, 6.45) is 3.54. The molecule has 1 aromatic carbocycles. The Morgan fingerprint density at radius 2 is 1.94 bits per heavy atom. The molecule has 2 aromatic rings. The summed E-state index contributed by atoms with van der Waals surface area (Å²) in [4.78, 5) is 4.25. The van der Waals surface area contributed by atoms with Gasteiger partial charge in [-0.25, -0.2) is 4.98 Å². The van der Waals surface area contributed by atoms with Crippen molar-refractivity contribution in [2.24, 2.45) is 0 Å². The molecule has 1 aliphatic rings. The second-order valence-electron chi connectivity index (χ2n) is 5.02. The van der Waals surface area contributed by atoms with Crippen LogP contribution in [0, 0.1) is 0 Å². The van der Waals surface area contributed by atoms with Gasteiger partial charge in [-0.15, -0.1) is 0 Å². The van der Waals surface area contributed by atoms with Crippen molar-refractivity contribution in [1.82, 2.24) is 14.8 Å². The summed E-state index contributed by atoms with van der Waals surface area (Å²) >= 11 is 0. The molecule has 0 spiro atoms. The lowest BCUT2D eigenvalue weighted by atomic mass is 9.96. The summed E-state index contributed by atoms with van der Waals surface area (Å²) in [5, 5.41) is 14.9. The number of fused-ring (bicyclic) bond motifs is 1. The predicted molar refractivity (Wildman–Crippen MR) is 68.2 cm³/mol. The van der Waals surface area contributed by atoms with Crippen LogP contribution in [0.5, 0.6) is 0 Å². The van der Waals surface area contributed by atoms with E-state index in [9.17, 15) is 5.11 Å². The second kappa shape index (κ2) is 4.21. The van der Waals surface area contributed by atoms with E-state index in [4.69, 9.17) is 0 Å². The Morgan fingerprint density at radius 3 is 2.56 bits per heavy atom. The molecule has 0 radical (unpaired) electrons. The number of aromatic nitrogens is 3. The van der Waals surface area contributed by atoms with Crippen LogP contribution in [0.2, 0.25) is 0 Å². The fourth-order valence-corrected chi connectivity index (χ4v) is 2.78. The molecule has 0 saturated carbocycles. The van der Waals surface area contributed by atoms with Gasteiger partial charge in [0.1, 0.15) is 12.2 Å². The zero-order chi connectivity index (χ0) is 12.6. The third kappa shape index (κ3) is 1.93. The maximum Gasteiger partial charge on any atom is 0.138 e. The standard InChI is InChI=1S/C14H17N3O/c1-2-17-13(15-10-16-17)9-14(18)7-11-5-3-4-6-12(11)8-14/h3-6,10,18H,2,7-9H2,1H3. The predicted octanol–water partition coefficient (Wildman–Crippen LogP) is 1.37. The Labute approximate surface area is 106 Å². The number of benzene rings is 1. The highest BCUT2D eigenvalue weighted by Crippen LogP contribution is 2.32. The fraction of sp³-hybridized carbons (Fsp3) is 0.429. The van der Waals surface area contributed by atoms with E-state index in [2.05, 4.69) is 22.2 Å². The Bertz CT molecular complexity index is 537. The van der Waals surface area contributed by atoms with Gasteiger partial charge in [-0.3, -0.25) is 4.68 Å². The van der Waals surface area contributed by atoms with Crippen LogP contribution in [0.15, 0.2) is 30.6 Å². The maximum atomic E-state index is 10.7. The number of hydrogen-bond donors (Lipinski definition) is 1. The van der Waals surface area contributed by atoms with Crippen LogP contribution >= 0.6 is 0 Å². The Balaban J connectivity index is 1.83. The summed E-state index contributed by atoms with van der Waals surface area (Å²) in [5.74, 6) is 0.868. The average Bonchev–Trinajstić information content (AvgIpc) is 2.91. The molecular weight excluding hydrogens is 226 g/mol. The molecule has 1 heterocycles. The maximum absolute atomic E-state index is 10.7. The quantitative estimate of drug-likeness (QED) is 0.885. The van der Waals surface area contributed by atoms with Gasteiger partial charge in [0.05, 0.1) is 5.60 Å². The lowest BCUT2D eigenvalue weighted by Gasteiger charge is -2.21. The number of aryl methyl sites for hydroxylation is 1. The molecular formula is C14H17N3O. The minimum atomic E-state index is -0.705. The molecule has 0 bridgehead atoms. The molecule has 94 valence electrons. The number of rotatable bonds is 3. The van der Waals surface area contributed by atoms with Crippen molar-refractivity contribution in [2.45, 2.75) is 38.3 Å². The minimum absolute atomic E-state index is 0.565. The summed E-state index contributed by atoms with van der Waals surface area (Å²) in [7, 11) is 0. The van der Waals surface area contributed by atoms with Crippen molar-refractivity contribution in [3.8, 4) is 0 Å². The normalized spacial score (nSPS) is 16.8. The average molecular weight is 243 g/mol. The highest BCUT2D eigenvalue weighted by atomic mass is 16.3. The first-order chi connectivity index (χ1) is 8.70. The van der Waals surface area contributed by atoms with E-state index in [1.54, 1.807) is 6.33 Å². The van der Waals surface area contributed by atoms with Crippen molar-refractivity contribution >= 4 is 0 Å². The lowest BCUT2D eigenvalue weighted by Crippen LogP contribution is -2.33. The number of aliphatic hydroxyl groups is 1. The summed E-state index contributed by atoms with van der Waals surface area (Å²) in [5.41, 5.74) is 1.80. The topological polar surface area (TPSA) is 50.9 Å². The minimum Gasteiger partial charge on any atom is -0.389 e. The molecule has 1 N–H and O–H groups in total. The van der Waals surface area contributed by atoms with Crippen LogP contribution in [-0.4, -0.2) is 25.5 Å². The van der Waals surface area contributed by atoms with Crippen LogP contribution < -0.4 is 0 Å². The molecule has 0 saturated heterocycles. The molecule has 1 aliphatic carbocycles. The molecule has 0 aliphatic heterocycles. The van der Waals surface area contributed by atoms with Crippen LogP contribution in [0.3, 0.4) is 0 Å². The van der Waals surface area contributed by atoms with Gasteiger partial charge in [0.25, 0.3) is 0 Å². The lowest BCUT2D eigenvalue weighted by molar-refractivity contribution is 0.0486. The first kappa shape index (κ1) is 11.4. The van der Waals surface area contributed by atoms with Crippen LogP contribution in [0.1, 0.15) is 23.9 Å². The van der Waals surface area contributed by atoms with Crippen molar-refractivity contribution in [1.29, 1.82) is 0 Å². The van der Waals surface area contributed by atoms with Gasteiger partial charge in [0, 0.05) is 25.8 Å². The van der Waals surface area contributed by atoms with Gasteiger partial charge in [-0.2, -0.15) is 5.10 Å². The molecule has 3 rings (SSSR count). The Morgan fingerprint density at radius 1 is 1.28 bits per heavy atom. The molecule has 4 nitrogen and oxygen atoms in total. The first-order valence-corrected chi connectivity index (χ1v) is 6.36. The largest absolute Gasteiger partial charge is 0.389 e. The van der Waals surface area contributed by atoms with Gasteiger partial charge < -0.3 is 5.11 Å². The van der Waals surface area contributed by atoms with E-state index < -0.39 is 5.60 Å². The molecule has 1 aromatic heterocycles. The fourth-order valence-electron chi connectivity index (χ4n) is 2.78.